The van der Waals surface area contributed by atoms with Crippen molar-refractivity contribution in [1.29, 1.82) is 0 Å². The molecule has 3 heteroatoms. The number of rotatable bonds is 4. The van der Waals surface area contributed by atoms with Crippen LogP contribution < -0.4 is 10.1 Å². The highest BCUT2D eigenvalue weighted by Gasteiger charge is 2.29. The Balaban J connectivity index is 1.93. The second-order valence-electron chi connectivity index (χ2n) is 5.59. The standard InChI is InChI=1S/C18H22N2O/c1-19-17(14-8-10-15(21-2)11-9-14)16-7-3-5-13-6-4-12-20-18(13)16/h4,6,8-12,16-17,19H,3,5,7H2,1-2H3. The fraction of sp³-hybridized carbons (Fsp3) is 0.389. The summed E-state index contributed by atoms with van der Waals surface area (Å²) >= 11 is 0. The third kappa shape index (κ3) is 2.79. The molecule has 0 saturated heterocycles. The van der Waals surface area contributed by atoms with Crippen LogP contribution in [0, 0.1) is 0 Å². The average molecular weight is 282 g/mol. The molecule has 1 aromatic heterocycles. The molecule has 21 heavy (non-hydrogen) atoms. The molecule has 2 aromatic rings. The van der Waals surface area contributed by atoms with Crippen molar-refractivity contribution in [3.8, 4) is 5.75 Å². The van der Waals surface area contributed by atoms with Gasteiger partial charge in [-0.25, -0.2) is 0 Å². The van der Waals surface area contributed by atoms with Crippen molar-refractivity contribution < 1.29 is 4.74 Å². The molecule has 1 aliphatic rings. The highest BCUT2D eigenvalue weighted by atomic mass is 16.5. The van der Waals surface area contributed by atoms with Crippen molar-refractivity contribution >= 4 is 0 Å². The molecule has 3 rings (SSSR count). The highest BCUT2D eigenvalue weighted by molar-refractivity contribution is 5.34. The number of benzene rings is 1. The summed E-state index contributed by atoms with van der Waals surface area (Å²) in [6.07, 6.45) is 5.48. The first kappa shape index (κ1) is 14.1. The van der Waals surface area contributed by atoms with Gasteiger partial charge in [-0.2, -0.15) is 0 Å². The van der Waals surface area contributed by atoms with Crippen LogP contribution in [0.1, 0.15) is 41.6 Å². The zero-order valence-electron chi connectivity index (χ0n) is 12.7. The van der Waals surface area contributed by atoms with Gasteiger partial charge in [-0.1, -0.05) is 18.2 Å². The maximum atomic E-state index is 5.25. The average Bonchev–Trinajstić information content (AvgIpc) is 2.56. The lowest BCUT2D eigenvalue weighted by atomic mass is 9.79. The number of methoxy groups -OCH3 is 1. The Bertz CT molecular complexity index is 594. The molecule has 1 N–H and O–H groups in total. The van der Waals surface area contributed by atoms with Crippen molar-refractivity contribution in [3.05, 3.63) is 59.4 Å². The molecule has 110 valence electrons. The largest absolute Gasteiger partial charge is 0.497 e. The molecule has 0 amide bonds. The summed E-state index contributed by atoms with van der Waals surface area (Å²) in [6.45, 7) is 0. The van der Waals surface area contributed by atoms with Gasteiger partial charge in [-0.3, -0.25) is 4.98 Å². The minimum absolute atomic E-state index is 0.296. The SMILES string of the molecule is CNC(c1ccc(OC)cc1)C1CCCc2cccnc21. The van der Waals surface area contributed by atoms with E-state index < -0.39 is 0 Å². The zero-order valence-corrected chi connectivity index (χ0v) is 12.7. The van der Waals surface area contributed by atoms with Gasteiger partial charge in [0.2, 0.25) is 0 Å². The van der Waals surface area contributed by atoms with Crippen LogP contribution >= 0.6 is 0 Å². The maximum absolute atomic E-state index is 5.25. The molecule has 2 atom stereocenters. The first-order valence-electron chi connectivity index (χ1n) is 7.58. The summed E-state index contributed by atoms with van der Waals surface area (Å²) in [6, 6.07) is 12.9. The molecule has 0 bridgehead atoms. The van der Waals surface area contributed by atoms with Crippen LogP contribution in [0.5, 0.6) is 5.75 Å². The molecule has 0 radical (unpaired) electrons. The molecule has 3 nitrogen and oxygen atoms in total. The number of aryl methyl sites for hydroxylation is 1. The number of nitrogens with one attached hydrogen (secondary N) is 1. The third-order valence-electron chi connectivity index (χ3n) is 4.43. The second-order valence-corrected chi connectivity index (χ2v) is 5.59. The van der Waals surface area contributed by atoms with E-state index in [0.29, 0.717) is 12.0 Å². The number of ether oxygens (including phenoxy) is 1. The lowest BCUT2D eigenvalue weighted by Crippen LogP contribution is -2.27. The van der Waals surface area contributed by atoms with Gasteiger partial charge in [0.15, 0.2) is 0 Å². The fourth-order valence-electron chi connectivity index (χ4n) is 3.38. The summed E-state index contributed by atoms with van der Waals surface area (Å²) in [7, 11) is 3.73. The van der Waals surface area contributed by atoms with E-state index >= 15 is 0 Å². The van der Waals surface area contributed by atoms with E-state index in [9.17, 15) is 0 Å². The van der Waals surface area contributed by atoms with E-state index in [0.717, 1.165) is 12.2 Å². The first-order valence-corrected chi connectivity index (χ1v) is 7.58. The fourth-order valence-corrected chi connectivity index (χ4v) is 3.38. The number of hydrogen-bond donors (Lipinski definition) is 1. The topological polar surface area (TPSA) is 34.1 Å². The minimum atomic E-state index is 0.296. The van der Waals surface area contributed by atoms with E-state index in [1.807, 2.05) is 31.4 Å². The number of aromatic nitrogens is 1. The van der Waals surface area contributed by atoms with Gasteiger partial charge < -0.3 is 10.1 Å². The quantitative estimate of drug-likeness (QED) is 0.932. The van der Waals surface area contributed by atoms with Crippen molar-refractivity contribution in [3.63, 3.8) is 0 Å². The monoisotopic (exact) mass is 282 g/mol. The van der Waals surface area contributed by atoms with Crippen LogP contribution in [0.2, 0.25) is 0 Å². The molecule has 1 heterocycles. The predicted molar refractivity (Wildman–Crippen MR) is 84.7 cm³/mol. The van der Waals surface area contributed by atoms with Gasteiger partial charge in [0.1, 0.15) is 5.75 Å². The lowest BCUT2D eigenvalue weighted by molar-refractivity contribution is 0.408. The normalized spacial score (nSPS) is 18.9. The minimum Gasteiger partial charge on any atom is -0.497 e. The van der Waals surface area contributed by atoms with Crippen LogP contribution in [0.4, 0.5) is 0 Å². The molecule has 2 unspecified atom stereocenters. The van der Waals surface area contributed by atoms with Crippen molar-refractivity contribution in [1.82, 2.24) is 10.3 Å². The molecule has 0 aliphatic heterocycles. The summed E-state index contributed by atoms with van der Waals surface area (Å²) < 4.78 is 5.25. The molecule has 0 saturated carbocycles. The smallest absolute Gasteiger partial charge is 0.118 e. The molecular weight excluding hydrogens is 260 g/mol. The van der Waals surface area contributed by atoms with Crippen molar-refractivity contribution in [2.45, 2.75) is 31.2 Å². The van der Waals surface area contributed by atoms with Gasteiger partial charge in [-0.05, 0) is 55.6 Å². The Morgan fingerprint density at radius 3 is 2.76 bits per heavy atom. The lowest BCUT2D eigenvalue weighted by Gasteiger charge is -2.31. The van der Waals surface area contributed by atoms with Crippen molar-refractivity contribution in [2.75, 3.05) is 14.2 Å². The van der Waals surface area contributed by atoms with E-state index in [1.165, 1.54) is 29.7 Å². The van der Waals surface area contributed by atoms with Crippen LogP contribution in [0.15, 0.2) is 42.6 Å². The Hall–Kier alpha value is -1.87. The van der Waals surface area contributed by atoms with Gasteiger partial charge in [-0.15, -0.1) is 0 Å². The number of likely N-dealkylation sites (N-methyl/N-ethyl adjacent to an activating group) is 1. The number of hydrogen-bond acceptors (Lipinski definition) is 3. The van der Waals surface area contributed by atoms with E-state index in [4.69, 9.17) is 4.74 Å². The van der Waals surface area contributed by atoms with Gasteiger partial charge in [0.25, 0.3) is 0 Å². The Morgan fingerprint density at radius 2 is 2.05 bits per heavy atom. The third-order valence-corrected chi connectivity index (χ3v) is 4.43. The molecule has 0 fully saturated rings. The molecule has 1 aromatic carbocycles. The molecular formula is C18H22N2O. The van der Waals surface area contributed by atoms with Gasteiger partial charge >= 0.3 is 0 Å². The van der Waals surface area contributed by atoms with E-state index in [2.05, 4.69) is 28.5 Å². The summed E-state index contributed by atoms with van der Waals surface area (Å²) in [5.41, 5.74) is 3.96. The van der Waals surface area contributed by atoms with E-state index in [1.54, 1.807) is 7.11 Å². The number of pyridine rings is 1. The zero-order chi connectivity index (χ0) is 14.7. The number of nitrogens with zero attached hydrogens (tertiary/aromatic N) is 1. The second kappa shape index (κ2) is 6.27. The van der Waals surface area contributed by atoms with Gasteiger partial charge in [0.05, 0.1) is 7.11 Å². The van der Waals surface area contributed by atoms with Crippen molar-refractivity contribution in [2.24, 2.45) is 0 Å². The molecule has 0 spiro atoms. The van der Waals surface area contributed by atoms with Crippen LogP contribution in [0.25, 0.3) is 0 Å². The maximum Gasteiger partial charge on any atom is 0.118 e. The highest BCUT2D eigenvalue weighted by Crippen LogP contribution is 2.39. The van der Waals surface area contributed by atoms with Crippen LogP contribution in [-0.2, 0) is 6.42 Å². The Morgan fingerprint density at radius 1 is 1.24 bits per heavy atom. The van der Waals surface area contributed by atoms with Crippen LogP contribution in [-0.4, -0.2) is 19.1 Å². The summed E-state index contributed by atoms with van der Waals surface area (Å²) in [5.74, 6) is 1.34. The predicted octanol–water partition coefficient (Wildman–Crippen LogP) is 3.47. The summed E-state index contributed by atoms with van der Waals surface area (Å²) in [5, 5.41) is 3.49. The van der Waals surface area contributed by atoms with Gasteiger partial charge in [0, 0.05) is 23.9 Å². The Labute approximate surface area is 126 Å². The Kier molecular flexibility index (Phi) is 4.20. The summed E-state index contributed by atoms with van der Waals surface area (Å²) in [4.78, 5) is 4.66. The van der Waals surface area contributed by atoms with Crippen LogP contribution in [0.3, 0.4) is 0 Å². The molecule has 1 aliphatic carbocycles. The number of fused-ring (bicyclic) bond motifs is 1. The first-order chi connectivity index (χ1) is 10.3. The van der Waals surface area contributed by atoms with E-state index in [-0.39, 0.29) is 0 Å².